The minimum atomic E-state index is -3.46. The molecule has 1 N–H and O–H groups in total. The van der Waals surface area contributed by atoms with E-state index in [9.17, 15) is 13.2 Å². The summed E-state index contributed by atoms with van der Waals surface area (Å²) in [5, 5.41) is 3.23. The summed E-state index contributed by atoms with van der Waals surface area (Å²) in [6.07, 6.45) is 1.06. The van der Waals surface area contributed by atoms with Crippen molar-refractivity contribution in [2.24, 2.45) is 5.92 Å². The Bertz CT molecular complexity index is 464. The molecule has 122 valence electrons. The van der Waals surface area contributed by atoms with Gasteiger partial charge in [-0.2, -0.15) is 17.0 Å². The number of methoxy groups -OCH3 is 1. The Balaban J connectivity index is 2.06. The van der Waals surface area contributed by atoms with Gasteiger partial charge in [-0.15, -0.1) is 0 Å². The highest BCUT2D eigenvalue weighted by molar-refractivity contribution is 7.86. The largest absolute Gasteiger partial charge is 0.469 e. The maximum absolute atomic E-state index is 12.8. The number of carbonyl (C=O) groups excluding carboxylic acids is 1. The van der Waals surface area contributed by atoms with Crippen LogP contribution in [-0.4, -0.2) is 68.4 Å². The van der Waals surface area contributed by atoms with Crippen LogP contribution in [0.4, 0.5) is 0 Å². The van der Waals surface area contributed by atoms with Gasteiger partial charge in [0.05, 0.1) is 13.0 Å². The van der Waals surface area contributed by atoms with Crippen LogP contribution in [0.25, 0.3) is 0 Å². The van der Waals surface area contributed by atoms with Gasteiger partial charge in [0, 0.05) is 38.3 Å². The third-order valence-electron chi connectivity index (χ3n) is 4.33. The molecule has 0 amide bonds. The van der Waals surface area contributed by atoms with Crippen molar-refractivity contribution < 1.29 is 17.9 Å². The number of hydrogen-bond donors (Lipinski definition) is 1. The Kier molecular flexibility index (Phi) is 5.24. The number of nitrogens with zero attached hydrogens (tertiary/aromatic N) is 2. The number of hydrogen-bond acceptors (Lipinski definition) is 5. The van der Waals surface area contributed by atoms with Crippen molar-refractivity contribution in [3.8, 4) is 0 Å². The molecule has 21 heavy (non-hydrogen) atoms. The molecule has 7 nitrogen and oxygen atoms in total. The zero-order valence-corrected chi connectivity index (χ0v) is 13.7. The lowest BCUT2D eigenvalue weighted by atomic mass is 9.99. The van der Waals surface area contributed by atoms with E-state index in [0.29, 0.717) is 39.0 Å². The van der Waals surface area contributed by atoms with Crippen molar-refractivity contribution in [1.29, 1.82) is 0 Å². The van der Waals surface area contributed by atoms with Crippen molar-refractivity contribution in [3.05, 3.63) is 0 Å². The van der Waals surface area contributed by atoms with E-state index < -0.39 is 10.2 Å². The summed E-state index contributed by atoms with van der Waals surface area (Å²) in [5.41, 5.74) is 0. The molecule has 2 saturated heterocycles. The molecule has 0 aromatic heterocycles. The van der Waals surface area contributed by atoms with Gasteiger partial charge in [-0.25, -0.2) is 0 Å². The van der Waals surface area contributed by atoms with Gasteiger partial charge in [0.15, 0.2) is 0 Å². The van der Waals surface area contributed by atoms with Crippen LogP contribution in [0, 0.1) is 5.92 Å². The fraction of sp³-hybridized carbons (Fsp3) is 0.923. The molecule has 2 fully saturated rings. The predicted octanol–water partition coefficient (Wildman–Crippen LogP) is -0.202. The molecule has 2 heterocycles. The molecule has 2 unspecified atom stereocenters. The number of piperidine rings is 1. The van der Waals surface area contributed by atoms with E-state index in [-0.39, 0.29) is 24.0 Å². The Labute approximate surface area is 126 Å². The van der Waals surface area contributed by atoms with Crippen molar-refractivity contribution in [3.63, 3.8) is 0 Å². The van der Waals surface area contributed by atoms with Crippen LogP contribution in [0.2, 0.25) is 0 Å². The van der Waals surface area contributed by atoms with Gasteiger partial charge >= 0.3 is 5.97 Å². The van der Waals surface area contributed by atoms with Crippen LogP contribution in [0.1, 0.15) is 26.7 Å². The summed E-state index contributed by atoms with van der Waals surface area (Å²) in [5.74, 6) is -0.421. The number of piperazine rings is 1. The van der Waals surface area contributed by atoms with E-state index in [4.69, 9.17) is 4.74 Å². The van der Waals surface area contributed by atoms with Crippen LogP contribution in [-0.2, 0) is 19.7 Å². The monoisotopic (exact) mass is 319 g/mol. The molecule has 2 aliphatic heterocycles. The van der Waals surface area contributed by atoms with Crippen LogP contribution < -0.4 is 5.32 Å². The highest BCUT2D eigenvalue weighted by Gasteiger charge is 2.40. The average molecular weight is 319 g/mol. The molecule has 0 aromatic carbocycles. The van der Waals surface area contributed by atoms with Gasteiger partial charge in [0.2, 0.25) is 0 Å². The first kappa shape index (κ1) is 16.7. The topological polar surface area (TPSA) is 79.0 Å². The minimum absolute atomic E-state index is 0.0583. The molecule has 8 heteroatoms. The SMILES string of the molecule is COC(=O)C1CCN(S(=O)(=O)N2C(C)CNCC2C)CC1. The molecular formula is C13H25N3O4S. The van der Waals surface area contributed by atoms with Gasteiger partial charge in [-0.05, 0) is 26.7 Å². The van der Waals surface area contributed by atoms with Gasteiger partial charge in [-0.3, -0.25) is 4.79 Å². The van der Waals surface area contributed by atoms with E-state index in [1.165, 1.54) is 11.4 Å². The van der Waals surface area contributed by atoms with Gasteiger partial charge in [0.25, 0.3) is 10.2 Å². The lowest BCUT2D eigenvalue weighted by Gasteiger charge is -2.42. The van der Waals surface area contributed by atoms with Crippen molar-refractivity contribution in [2.75, 3.05) is 33.3 Å². The van der Waals surface area contributed by atoms with E-state index >= 15 is 0 Å². The van der Waals surface area contributed by atoms with E-state index in [2.05, 4.69) is 5.32 Å². The Hall–Kier alpha value is -0.700. The van der Waals surface area contributed by atoms with E-state index in [0.717, 1.165) is 0 Å². The normalized spacial score (nSPS) is 30.2. The third kappa shape index (κ3) is 3.39. The fourth-order valence-electron chi connectivity index (χ4n) is 3.19. The molecule has 0 aliphatic carbocycles. The third-order valence-corrected chi connectivity index (χ3v) is 6.60. The predicted molar refractivity (Wildman–Crippen MR) is 78.9 cm³/mol. The summed E-state index contributed by atoms with van der Waals surface area (Å²) < 4.78 is 33.5. The summed E-state index contributed by atoms with van der Waals surface area (Å²) >= 11 is 0. The summed E-state index contributed by atoms with van der Waals surface area (Å²) in [6, 6.07) is -0.117. The highest BCUT2D eigenvalue weighted by atomic mass is 32.2. The summed E-state index contributed by atoms with van der Waals surface area (Å²) in [6.45, 7) is 5.93. The van der Waals surface area contributed by atoms with Crippen LogP contribution in [0.3, 0.4) is 0 Å². The first-order valence-electron chi connectivity index (χ1n) is 7.45. The van der Waals surface area contributed by atoms with E-state index in [1.54, 1.807) is 4.31 Å². The molecular weight excluding hydrogens is 294 g/mol. The quantitative estimate of drug-likeness (QED) is 0.729. The lowest BCUT2D eigenvalue weighted by Crippen LogP contribution is -2.61. The summed E-state index contributed by atoms with van der Waals surface area (Å²) in [4.78, 5) is 11.5. The molecule has 2 rings (SSSR count). The zero-order valence-electron chi connectivity index (χ0n) is 12.9. The second-order valence-corrected chi connectivity index (χ2v) is 7.72. The number of rotatable bonds is 3. The second-order valence-electron chi connectivity index (χ2n) is 5.89. The van der Waals surface area contributed by atoms with E-state index in [1.807, 2.05) is 13.8 Å². The maximum atomic E-state index is 12.8. The Morgan fingerprint density at radius 2 is 1.67 bits per heavy atom. The molecule has 0 radical (unpaired) electrons. The number of esters is 1. The first-order chi connectivity index (χ1) is 9.87. The van der Waals surface area contributed by atoms with Crippen molar-refractivity contribution >= 4 is 16.2 Å². The van der Waals surface area contributed by atoms with Gasteiger partial charge in [-0.1, -0.05) is 0 Å². The Morgan fingerprint density at radius 3 is 2.14 bits per heavy atom. The smallest absolute Gasteiger partial charge is 0.308 e. The first-order valence-corrected chi connectivity index (χ1v) is 8.84. The second kappa shape index (κ2) is 6.60. The van der Waals surface area contributed by atoms with Gasteiger partial charge < -0.3 is 10.1 Å². The van der Waals surface area contributed by atoms with Gasteiger partial charge in [0.1, 0.15) is 0 Å². The molecule has 2 atom stereocenters. The van der Waals surface area contributed by atoms with Crippen LogP contribution in [0.15, 0.2) is 0 Å². The fourth-order valence-corrected chi connectivity index (χ4v) is 5.19. The van der Waals surface area contributed by atoms with Crippen molar-refractivity contribution in [1.82, 2.24) is 13.9 Å². The Morgan fingerprint density at radius 1 is 1.14 bits per heavy atom. The molecule has 0 spiro atoms. The molecule has 2 aliphatic rings. The van der Waals surface area contributed by atoms with Crippen LogP contribution in [0.5, 0.6) is 0 Å². The van der Waals surface area contributed by atoms with Crippen molar-refractivity contribution in [2.45, 2.75) is 38.8 Å². The number of carbonyl (C=O) groups is 1. The molecule has 0 aromatic rings. The standard InChI is InChI=1S/C13H25N3O4S/c1-10-8-14-9-11(2)16(10)21(18,19)15-6-4-12(5-7-15)13(17)20-3/h10-12,14H,4-9H2,1-3H3. The zero-order chi connectivity index (χ0) is 15.6. The lowest BCUT2D eigenvalue weighted by molar-refractivity contribution is -0.146. The number of nitrogens with one attached hydrogen (secondary N) is 1. The molecule has 0 saturated carbocycles. The maximum Gasteiger partial charge on any atom is 0.308 e. The molecule has 0 bridgehead atoms. The minimum Gasteiger partial charge on any atom is -0.469 e. The highest BCUT2D eigenvalue weighted by Crippen LogP contribution is 2.25. The van der Waals surface area contributed by atoms with Crippen LogP contribution >= 0.6 is 0 Å². The summed E-state index contributed by atoms with van der Waals surface area (Å²) in [7, 11) is -2.09. The average Bonchev–Trinajstić information content (AvgIpc) is 2.46. The number of ether oxygens (including phenoxy) is 1.